The number of aryl methyl sites for hydroxylation is 3. The number of piperidine rings is 2. The van der Waals surface area contributed by atoms with Crippen molar-refractivity contribution >= 4 is 90.8 Å². The Morgan fingerprint density at radius 2 is 1.66 bits per heavy atom. The number of hydrogen-bond acceptors (Lipinski definition) is 13. The molecule has 17 nitrogen and oxygen atoms in total. The molecule has 0 radical (unpaired) electrons. The predicted octanol–water partition coefficient (Wildman–Crippen LogP) is 5.86. The molecule has 3 fully saturated rings. The number of nitrogens with one attached hydrogen (secondary N) is 3. The van der Waals surface area contributed by atoms with Crippen molar-refractivity contribution < 1.29 is 18.9 Å². The average molecular weight is 1010 g/mol. The van der Waals surface area contributed by atoms with E-state index in [0.717, 1.165) is 93.8 Å². The van der Waals surface area contributed by atoms with Gasteiger partial charge in [-0.3, -0.25) is 33.7 Å². The number of imide groups is 1. The number of anilines is 5. The molecular weight excluding hydrogens is 949 g/mol. The van der Waals surface area contributed by atoms with Crippen LogP contribution in [-0.2, 0) is 41.1 Å². The van der Waals surface area contributed by atoms with Gasteiger partial charge in [-0.2, -0.15) is 4.98 Å². The van der Waals surface area contributed by atoms with Crippen molar-refractivity contribution in [1.29, 1.82) is 0 Å². The Balaban J connectivity index is 0.824. The number of nitrogens with zero attached hydrogens (tertiary/aromatic N) is 8. The zero-order valence-corrected chi connectivity index (χ0v) is 42.0. The van der Waals surface area contributed by atoms with E-state index >= 15 is 0 Å². The summed E-state index contributed by atoms with van der Waals surface area (Å²) in [5.74, 6) is 0.781. The molecule has 1 atom stereocenters. The first kappa shape index (κ1) is 47.3. The van der Waals surface area contributed by atoms with Gasteiger partial charge in [0.15, 0.2) is 0 Å². The Kier molecular flexibility index (Phi) is 13.4. The Morgan fingerprint density at radius 1 is 0.897 bits per heavy atom. The van der Waals surface area contributed by atoms with Gasteiger partial charge in [-0.15, -0.1) is 0 Å². The summed E-state index contributed by atoms with van der Waals surface area (Å²) in [6, 6.07) is 15.3. The number of halogens is 1. The van der Waals surface area contributed by atoms with E-state index in [1.807, 2.05) is 18.2 Å². The Labute approximate surface area is 403 Å². The zero-order chi connectivity index (χ0) is 48.0. The van der Waals surface area contributed by atoms with Crippen LogP contribution in [0.2, 0.25) is 0 Å². The number of carbonyl (C=O) groups excluding carboxylic acids is 2. The lowest BCUT2D eigenvalue weighted by Crippen LogP contribution is -2.53. The van der Waals surface area contributed by atoms with Gasteiger partial charge in [0.25, 0.3) is 5.56 Å². The van der Waals surface area contributed by atoms with Crippen LogP contribution in [-0.4, -0.2) is 118 Å². The molecule has 0 spiro atoms. The van der Waals surface area contributed by atoms with Crippen LogP contribution in [0, 0.1) is 0 Å². The van der Waals surface area contributed by atoms with Gasteiger partial charge in [0.05, 0.1) is 34.0 Å². The highest BCUT2D eigenvalue weighted by Gasteiger charge is 2.33. The molecule has 9 rings (SSSR count). The molecule has 3 aliphatic rings. The Morgan fingerprint density at radius 3 is 2.37 bits per heavy atom. The number of methoxy groups -OCH3 is 1. The van der Waals surface area contributed by atoms with E-state index < -0.39 is 19.1 Å². The molecule has 0 saturated carbocycles. The van der Waals surface area contributed by atoms with Gasteiger partial charge in [0.1, 0.15) is 24.8 Å². The van der Waals surface area contributed by atoms with Crippen molar-refractivity contribution in [2.24, 2.45) is 14.1 Å². The highest BCUT2D eigenvalue weighted by Crippen LogP contribution is 2.42. The number of ether oxygens (including phenoxy) is 1. The third kappa shape index (κ3) is 9.23. The summed E-state index contributed by atoms with van der Waals surface area (Å²) in [5.41, 5.74) is 5.96. The minimum atomic E-state index is -2.86. The second-order valence-electron chi connectivity index (χ2n) is 18.5. The van der Waals surface area contributed by atoms with Gasteiger partial charge in [0.2, 0.25) is 17.8 Å². The lowest BCUT2D eigenvalue weighted by Gasteiger charge is -2.43. The van der Waals surface area contributed by atoms with Gasteiger partial charge in [-0.1, -0.05) is 19.1 Å². The van der Waals surface area contributed by atoms with Crippen LogP contribution < -0.4 is 42.1 Å². The lowest BCUT2D eigenvalue weighted by atomic mass is 9.99. The Bertz CT molecular complexity index is 3110. The summed E-state index contributed by atoms with van der Waals surface area (Å²) in [5, 5.41) is 10.9. The van der Waals surface area contributed by atoms with E-state index in [0.29, 0.717) is 56.2 Å². The molecule has 3 aromatic heterocycles. The van der Waals surface area contributed by atoms with Gasteiger partial charge < -0.3 is 34.3 Å². The molecule has 6 aromatic rings. The maximum Gasteiger partial charge on any atom is 0.329 e. The molecule has 3 saturated heterocycles. The number of benzene rings is 3. The van der Waals surface area contributed by atoms with Gasteiger partial charge in [0, 0.05) is 113 Å². The summed E-state index contributed by atoms with van der Waals surface area (Å²) in [4.78, 5) is 68.0. The summed E-state index contributed by atoms with van der Waals surface area (Å²) >= 11 is 3.60. The van der Waals surface area contributed by atoms with Crippen molar-refractivity contribution in [2.75, 3.05) is 81.8 Å². The summed E-state index contributed by atoms with van der Waals surface area (Å²) in [6.07, 6.45) is 7.63. The van der Waals surface area contributed by atoms with Crippen molar-refractivity contribution in [3.05, 3.63) is 97.4 Å². The number of imidazole rings is 1. The molecule has 3 N–H and O–H groups in total. The fourth-order valence-electron chi connectivity index (χ4n) is 10.4. The molecular formula is C49H59BrN11O6P. The minimum absolute atomic E-state index is 0.153. The normalized spacial score (nSPS) is 17.8. The number of para-hydroxylation sites is 1. The number of rotatable bonds is 13. The molecule has 0 aliphatic carbocycles. The molecule has 68 heavy (non-hydrogen) atoms. The molecule has 3 aromatic carbocycles. The molecule has 3 aliphatic heterocycles. The van der Waals surface area contributed by atoms with E-state index in [-0.39, 0.29) is 23.6 Å². The minimum Gasteiger partial charge on any atom is -0.494 e. The number of piperazine rings is 1. The van der Waals surface area contributed by atoms with Crippen LogP contribution in [0.3, 0.4) is 0 Å². The maximum atomic E-state index is 13.7. The highest BCUT2D eigenvalue weighted by molar-refractivity contribution is 9.10. The lowest BCUT2D eigenvalue weighted by molar-refractivity contribution is -0.135. The van der Waals surface area contributed by atoms with Crippen molar-refractivity contribution in [3.63, 3.8) is 0 Å². The molecule has 0 bridgehead atoms. The maximum absolute atomic E-state index is 13.7. The molecule has 2 amide bonds. The first-order valence-corrected chi connectivity index (χ1v) is 26.7. The van der Waals surface area contributed by atoms with E-state index in [1.54, 1.807) is 68.2 Å². The SMILES string of the molecule is CCc1cc(Nc2ncc(Br)c(Nc3ccc4c(=O)n(C)ccc4c3P(C)(C)=O)n2)c(OC)cc1N1CCC(N2CCN(CCc3cccc4c3n(C)c(=O)n4C3CCC(=O)NC3=O)CC2)CC1. The van der Waals surface area contributed by atoms with Crippen LogP contribution >= 0.6 is 23.1 Å². The quantitative estimate of drug-likeness (QED) is 0.0927. The number of pyridine rings is 1. The molecule has 19 heteroatoms. The third-order valence-corrected chi connectivity index (χ3v) is 16.1. The first-order valence-electron chi connectivity index (χ1n) is 23.3. The first-order chi connectivity index (χ1) is 32.6. The van der Waals surface area contributed by atoms with E-state index in [1.165, 1.54) is 15.8 Å². The largest absolute Gasteiger partial charge is 0.494 e. The number of hydrogen-bond donors (Lipinski definition) is 3. The fourth-order valence-corrected chi connectivity index (χ4v) is 12.1. The van der Waals surface area contributed by atoms with Crippen molar-refractivity contribution in [1.82, 2.24) is 38.8 Å². The van der Waals surface area contributed by atoms with Crippen LogP contribution in [0.1, 0.15) is 49.8 Å². The Hall–Kier alpha value is -5.81. The van der Waals surface area contributed by atoms with Crippen molar-refractivity contribution in [2.45, 2.75) is 57.5 Å². The smallest absolute Gasteiger partial charge is 0.329 e. The van der Waals surface area contributed by atoms with Gasteiger partial charge in [-0.05, 0) is 103 Å². The summed E-state index contributed by atoms with van der Waals surface area (Å²) < 4.78 is 25.0. The number of aromatic nitrogens is 5. The fraction of sp³-hybridized carbons (Fsp3) is 0.429. The third-order valence-electron chi connectivity index (χ3n) is 13.9. The van der Waals surface area contributed by atoms with E-state index in [4.69, 9.17) is 9.72 Å². The molecule has 358 valence electrons. The second-order valence-corrected chi connectivity index (χ2v) is 22.5. The number of fused-ring (bicyclic) bond motifs is 2. The van der Waals surface area contributed by atoms with Crippen LogP contribution in [0.5, 0.6) is 5.75 Å². The van der Waals surface area contributed by atoms with Crippen LogP contribution in [0.25, 0.3) is 21.8 Å². The average Bonchev–Trinajstić information content (AvgIpc) is 3.58. The zero-order valence-electron chi connectivity index (χ0n) is 39.5. The number of carbonyl (C=O) groups is 2. The molecule has 1 unspecified atom stereocenters. The monoisotopic (exact) mass is 1010 g/mol. The predicted molar refractivity (Wildman–Crippen MR) is 272 cm³/mol. The summed E-state index contributed by atoms with van der Waals surface area (Å²) in [6.45, 7) is 12.3. The van der Waals surface area contributed by atoms with Crippen molar-refractivity contribution in [3.8, 4) is 5.75 Å². The van der Waals surface area contributed by atoms with Crippen LogP contribution in [0.15, 0.2) is 75.0 Å². The topological polar surface area (TPSA) is 181 Å². The molecule has 6 heterocycles. The summed E-state index contributed by atoms with van der Waals surface area (Å²) in [7, 11) is 2.27. The van der Waals surface area contributed by atoms with Crippen LogP contribution in [0.4, 0.5) is 28.8 Å². The number of amides is 2. The van der Waals surface area contributed by atoms with Gasteiger partial charge in [-0.25, -0.2) is 9.78 Å². The second kappa shape index (κ2) is 19.3. The standard InChI is InChI=1S/C49H59BrN11O6P/c1-7-30-27-37(53-48-51-29-35(50)45(55-48)52-36-12-11-34-33(44(36)68(5,6)66)18-19-56(2)47(34)64)41(67-4)28-40(30)60-21-16-32(17-22-60)59-25-23-58(24-26-59)20-15-31-9-8-10-38-43(31)57(3)49(65)61(38)39-13-14-42(62)54-46(39)63/h8-12,18-19,27-29,32,39H,7,13-17,20-26H2,1-6H3,(H,54,62,63)(H2,51,52,53,55). The highest BCUT2D eigenvalue weighted by atomic mass is 79.9. The van der Waals surface area contributed by atoms with Gasteiger partial charge >= 0.3 is 5.69 Å². The van der Waals surface area contributed by atoms with E-state index in [9.17, 15) is 23.7 Å². The van der Waals surface area contributed by atoms with E-state index in [2.05, 4.69) is 76.7 Å².